The largest absolute Gasteiger partial charge is 0.357 e. The molecule has 0 atom stereocenters. The van der Waals surface area contributed by atoms with E-state index in [2.05, 4.69) is 30.6 Å². The third kappa shape index (κ3) is 4.06. The van der Waals surface area contributed by atoms with Crippen LogP contribution in [0.1, 0.15) is 15.9 Å². The number of halogens is 1. The van der Waals surface area contributed by atoms with Crippen LogP contribution in [0.2, 0.25) is 5.28 Å². The number of nitrogens with one attached hydrogen (secondary N) is 2. The standard InChI is InChI=1S/C13H14ClN5O2S/c1-7-4-5-8(10(20)19-21-3)6-9(7)22-13-17-11(14)16-12(15-2)18-13/h4-6H,1-3H3,(H,19,20)(H,15,16,17,18). The van der Waals surface area contributed by atoms with Gasteiger partial charge in [-0.2, -0.15) is 15.0 Å². The van der Waals surface area contributed by atoms with Crippen LogP contribution in [0.4, 0.5) is 5.95 Å². The highest BCUT2D eigenvalue weighted by Crippen LogP contribution is 2.29. The number of anilines is 1. The molecule has 0 aliphatic carbocycles. The smallest absolute Gasteiger partial charge is 0.274 e. The summed E-state index contributed by atoms with van der Waals surface area (Å²) in [6.07, 6.45) is 0. The number of carbonyl (C=O) groups excluding carboxylic acids is 1. The Morgan fingerprint density at radius 1 is 1.32 bits per heavy atom. The zero-order valence-corrected chi connectivity index (χ0v) is 13.7. The van der Waals surface area contributed by atoms with Crippen molar-refractivity contribution < 1.29 is 9.63 Å². The molecule has 0 unspecified atom stereocenters. The fourth-order valence-corrected chi connectivity index (χ4v) is 2.68. The second-order valence-electron chi connectivity index (χ2n) is 4.18. The highest BCUT2D eigenvalue weighted by atomic mass is 35.5. The Kier molecular flexibility index (Phi) is 5.53. The van der Waals surface area contributed by atoms with Crippen molar-refractivity contribution in [2.45, 2.75) is 17.0 Å². The van der Waals surface area contributed by atoms with Crippen molar-refractivity contribution in [1.29, 1.82) is 0 Å². The van der Waals surface area contributed by atoms with E-state index < -0.39 is 0 Å². The Hall–Kier alpha value is -1.90. The number of rotatable bonds is 5. The van der Waals surface area contributed by atoms with Crippen molar-refractivity contribution >= 4 is 35.2 Å². The molecule has 0 aliphatic rings. The van der Waals surface area contributed by atoms with Gasteiger partial charge in [0.05, 0.1) is 7.11 Å². The second-order valence-corrected chi connectivity index (χ2v) is 5.53. The molecule has 0 aliphatic heterocycles. The first kappa shape index (κ1) is 16.5. The number of hydroxylamine groups is 1. The predicted octanol–water partition coefficient (Wildman–Crippen LogP) is 2.32. The van der Waals surface area contributed by atoms with Gasteiger partial charge in [-0.1, -0.05) is 6.07 Å². The molecule has 7 nitrogen and oxygen atoms in total. The van der Waals surface area contributed by atoms with E-state index in [1.165, 1.54) is 18.9 Å². The minimum absolute atomic E-state index is 0.104. The van der Waals surface area contributed by atoms with Crippen LogP contribution in [-0.2, 0) is 4.84 Å². The SMILES string of the molecule is CNc1nc(Cl)nc(Sc2cc(C(=O)NOC)ccc2C)n1. The third-order valence-electron chi connectivity index (χ3n) is 2.66. The monoisotopic (exact) mass is 339 g/mol. The van der Waals surface area contributed by atoms with Gasteiger partial charge in [0, 0.05) is 17.5 Å². The summed E-state index contributed by atoms with van der Waals surface area (Å²) in [7, 11) is 3.08. The summed E-state index contributed by atoms with van der Waals surface area (Å²) in [5.41, 5.74) is 3.74. The van der Waals surface area contributed by atoms with Crippen LogP contribution >= 0.6 is 23.4 Å². The van der Waals surface area contributed by atoms with Gasteiger partial charge < -0.3 is 5.32 Å². The highest BCUT2D eigenvalue weighted by Gasteiger charge is 2.11. The minimum Gasteiger partial charge on any atom is -0.357 e. The number of nitrogens with zero attached hydrogens (tertiary/aromatic N) is 3. The summed E-state index contributed by atoms with van der Waals surface area (Å²) in [6, 6.07) is 5.30. The number of carbonyl (C=O) groups is 1. The minimum atomic E-state index is -0.325. The van der Waals surface area contributed by atoms with Gasteiger partial charge in [0.25, 0.3) is 5.91 Å². The summed E-state index contributed by atoms with van der Waals surface area (Å²) >= 11 is 7.16. The van der Waals surface area contributed by atoms with Crippen LogP contribution in [0, 0.1) is 6.92 Å². The van der Waals surface area contributed by atoms with Gasteiger partial charge in [-0.15, -0.1) is 0 Å². The van der Waals surface area contributed by atoms with Crippen LogP contribution < -0.4 is 10.8 Å². The molecule has 1 amide bonds. The summed E-state index contributed by atoms with van der Waals surface area (Å²) in [4.78, 5) is 29.5. The van der Waals surface area contributed by atoms with Crippen molar-refractivity contribution in [3.63, 3.8) is 0 Å². The van der Waals surface area contributed by atoms with Crippen LogP contribution in [-0.4, -0.2) is 35.0 Å². The maximum atomic E-state index is 11.8. The summed E-state index contributed by atoms with van der Waals surface area (Å²) < 4.78 is 0. The first-order valence-corrected chi connectivity index (χ1v) is 7.44. The van der Waals surface area contributed by atoms with Gasteiger partial charge in [-0.05, 0) is 48.0 Å². The van der Waals surface area contributed by atoms with Gasteiger partial charge in [-0.3, -0.25) is 9.63 Å². The van der Waals surface area contributed by atoms with Crippen molar-refractivity contribution in [3.05, 3.63) is 34.6 Å². The van der Waals surface area contributed by atoms with Gasteiger partial charge in [0.15, 0.2) is 5.16 Å². The molecule has 9 heteroatoms. The van der Waals surface area contributed by atoms with Crippen LogP contribution in [0.5, 0.6) is 0 Å². The number of aromatic nitrogens is 3. The topological polar surface area (TPSA) is 89.0 Å². The lowest BCUT2D eigenvalue weighted by Gasteiger charge is -2.08. The fraction of sp³-hybridized carbons (Fsp3) is 0.231. The Bertz CT molecular complexity index is 698. The zero-order chi connectivity index (χ0) is 16.1. The number of amides is 1. The summed E-state index contributed by atoms with van der Waals surface area (Å²) in [5, 5.41) is 3.36. The van der Waals surface area contributed by atoms with Crippen molar-refractivity contribution in [1.82, 2.24) is 20.4 Å². The maximum absolute atomic E-state index is 11.8. The van der Waals surface area contributed by atoms with Gasteiger partial charge in [0.2, 0.25) is 11.2 Å². The average molecular weight is 340 g/mol. The third-order valence-corrected chi connectivity index (χ3v) is 3.85. The molecule has 2 rings (SSSR count). The summed E-state index contributed by atoms with van der Waals surface area (Å²) in [5.74, 6) is 0.0578. The van der Waals surface area contributed by atoms with E-state index >= 15 is 0 Å². The fourth-order valence-electron chi connectivity index (χ4n) is 1.59. The molecule has 0 spiro atoms. The average Bonchev–Trinajstić information content (AvgIpc) is 2.49. The number of benzene rings is 1. The quantitative estimate of drug-likeness (QED) is 0.808. The number of hydrogen-bond acceptors (Lipinski definition) is 7. The van der Waals surface area contributed by atoms with E-state index in [-0.39, 0.29) is 11.2 Å². The number of hydrogen-bond donors (Lipinski definition) is 2. The maximum Gasteiger partial charge on any atom is 0.274 e. The van der Waals surface area contributed by atoms with Crippen LogP contribution in [0.15, 0.2) is 28.3 Å². The highest BCUT2D eigenvalue weighted by molar-refractivity contribution is 7.99. The molecule has 0 fully saturated rings. The second kappa shape index (κ2) is 7.39. The number of aryl methyl sites for hydroxylation is 1. The molecule has 1 aromatic heterocycles. The Balaban J connectivity index is 2.30. The molecule has 1 aromatic carbocycles. The Morgan fingerprint density at radius 3 is 2.77 bits per heavy atom. The molecule has 0 bridgehead atoms. The predicted molar refractivity (Wildman–Crippen MR) is 84.2 cm³/mol. The first-order valence-electron chi connectivity index (χ1n) is 6.24. The van der Waals surface area contributed by atoms with Gasteiger partial charge in [0.1, 0.15) is 0 Å². The van der Waals surface area contributed by atoms with Crippen molar-refractivity contribution in [2.24, 2.45) is 0 Å². The first-order chi connectivity index (χ1) is 10.5. The Labute approximate surface area is 136 Å². The van der Waals surface area contributed by atoms with E-state index in [0.29, 0.717) is 16.7 Å². The molecular formula is C13H14ClN5O2S. The van der Waals surface area contributed by atoms with Crippen LogP contribution in [0.3, 0.4) is 0 Å². The summed E-state index contributed by atoms with van der Waals surface area (Å²) in [6.45, 7) is 1.93. The molecular weight excluding hydrogens is 326 g/mol. The van der Waals surface area contributed by atoms with E-state index in [9.17, 15) is 4.79 Å². The lowest BCUT2D eigenvalue weighted by molar-refractivity contribution is 0.0537. The van der Waals surface area contributed by atoms with E-state index in [1.54, 1.807) is 19.2 Å². The van der Waals surface area contributed by atoms with E-state index in [0.717, 1.165) is 10.5 Å². The molecule has 116 valence electrons. The molecule has 0 saturated carbocycles. The zero-order valence-electron chi connectivity index (χ0n) is 12.2. The lowest BCUT2D eigenvalue weighted by atomic mass is 10.1. The molecule has 1 heterocycles. The van der Waals surface area contributed by atoms with Crippen molar-refractivity contribution in [2.75, 3.05) is 19.5 Å². The molecule has 2 N–H and O–H groups in total. The van der Waals surface area contributed by atoms with Crippen LogP contribution in [0.25, 0.3) is 0 Å². The molecule has 22 heavy (non-hydrogen) atoms. The van der Waals surface area contributed by atoms with Gasteiger partial charge >= 0.3 is 0 Å². The molecule has 2 aromatic rings. The van der Waals surface area contributed by atoms with Gasteiger partial charge in [-0.25, -0.2) is 5.48 Å². The normalized spacial score (nSPS) is 10.4. The van der Waals surface area contributed by atoms with E-state index in [4.69, 9.17) is 11.6 Å². The lowest BCUT2D eigenvalue weighted by Crippen LogP contribution is -2.21. The Morgan fingerprint density at radius 2 is 2.09 bits per heavy atom. The van der Waals surface area contributed by atoms with E-state index in [1.807, 2.05) is 13.0 Å². The van der Waals surface area contributed by atoms with Crippen molar-refractivity contribution in [3.8, 4) is 0 Å². The molecule has 0 radical (unpaired) electrons. The molecule has 0 saturated heterocycles.